The van der Waals surface area contributed by atoms with E-state index in [0.29, 0.717) is 16.3 Å². The molecule has 8 heteroatoms. The standard InChI is InChI=1S/C20H20N2O5S/c1-25-15-8-5-7-13(18(15)26-2)20(24)27-11-17(23)22-19-14(10-21)12-6-3-4-9-16(12)28-19/h5,7-8H,3-4,6,9,11H2,1-2H3,(H,22,23). The van der Waals surface area contributed by atoms with Gasteiger partial charge in [0.05, 0.1) is 19.8 Å². The molecule has 1 heterocycles. The summed E-state index contributed by atoms with van der Waals surface area (Å²) in [5.41, 5.74) is 1.72. The van der Waals surface area contributed by atoms with Crippen molar-refractivity contribution >= 4 is 28.2 Å². The van der Waals surface area contributed by atoms with E-state index >= 15 is 0 Å². The molecule has 2 aromatic rings. The number of rotatable bonds is 6. The van der Waals surface area contributed by atoms with Crippen LogP contribution in [0.2, 0.25) is 0 Å². The fourth-order valence-electron chi connectivity index (χ4n) is 3.19. The zero-order valence-corrected chi connectivity index (χ0v) is 16.5. The zero-order valence-electron chi connectivity index (χ0n) is 15.7. The van der Waals surface area contributed by atoms with Crippen molar-refractivity contribution in [3.8, 4) is 17.6 Å². The van der Waals surface area contributed by atoms with Gasteiger partial charge < -0.3 is 19.5 Å². The van der Waals surface area contributed by atoms with Gasteiger partial charge in [-0.05, 0) is 43.4 Å². The summed E-state index contributed by atoms with van der Waals surface area (Å²) in [6, 6.07) is 7.00. The number of carbonyl (C=O) groups excluding carboxylic acids is 2. The first-order valence-corrected chi connectivity index (χ1v) is 9.63. The summed E-state index contributed by atoms with van der Waals surface area (Å²) >= 11 is 1.43. The number of benzene rings is 1. The van der Waals surface area contributed by atoms with Crippen molar-refractivity contribution < 1.29 is 23.8 Å². The molecule has 0 atom stereocenters. The smallest absolute Gasteiger partial charge is 0.342 e. The van der Waals surface area contributed by atoms with E-state index in [2.05, 4.69) is 11.4 Å². The second-order valence-corrected chi connectivity index (χ2v) is 7.30. The molecule has 0 fully saturated rings. The van der Waals surface area contributed by atoms with Crippen LogP contribution < -0.4 is 14.8 Å². The summed E-state index contributed by atoms with van der Waals surface area (Å²) in [5.74, 6) is -0.556. The van der Waals surface area contributed by atoms with Crippen molar-refractivity contribution in [1.82, 2.24) is 0 Å². The van der Waals surface area contributed by atoms with Gasteiger partial charge in [-0.3, -0.25) is 4.79 Å². The average molecular weight is 400 g/mol. The molecule has 0 aliphatic heterocycles. The molecule has 1 aromatic carbocycles. The van der Waals surface area contributed by atoms with Gasteiger partial charge in [-0.1, -0.05) is 6.07 Å². The van der Waals surface area contributed by atoms with Crippen LogP contribution >= 0.6 is 11.3 Å². The van der Waals surface area contributed by atoms with Gasteiger partial charge in [0, 0.05) is 4.88 Å². The highest BCUT2D eigenvalue weighted by Crippen LogP contribution is 2.37. The average Bonchev–Trinajstić information content (AvgIpc) is 3.07. The summed E-state index contributed by atoms with van der Waals surface area (Å²) in [6.45, 7) is -0.466. The first-order chi connectivity index (χ1) is 13.6. The second-order valence-electron chi connectivity index (χ2n) is 6.19. The van der Waals surface area contributed by atoms with E-state index in [1.54, 1.807) is 12.1 Å². The van der Waals surface area contributed by atoms with E-state index in [0.717, 1.165) is 36.1 Å². The van der Waals surface area contributed by atoms with Crippen LogP contribution in [-0.2, 0) is 22.4 Å². The molecule has 3 rings (SSSR count). The molecule has 1 N–H and O–H groups in total. The first-order valence-electron chi connectivity index (χ1n) is 8.81. The number of esters is 1. The van der Waals surface area contributed by atoms with Crippen molar-refractivity contribution in [2.45, 2.75) is 25.7 Å². The summed E-state index contributed by atoms with van der Waals surface area (Å²) in [6.07, 6.45) is 3.92. The molecule has 0 radical (unpaired) electrons. The number of anilines is 1. The zero-order chi connectivity index (χ0) is 20.1. The van der Waals surface area contributed by atoms with Gasteiger partial charge in [-0.2, -0.15) is 5.26 Å². The molecular weight excluding hydrogens is 380 g/mol. The second kappa shape index (κ2) is 8.76. The molecule has 146 valence electrons. The lowest BCUT2D eigenvalue weighted by Gasteiger charge is -2.12. The number of para-hydroxylation sites is 1. The number of thiophene rings is 1. The highest BCUT2D eigenvalue weighted by atomic mass is 32.1. The third kappa shape index (κ3) is 3.94. The maximum atomic E-state index is 12.3. The number of hydrogen-bond acceptors (Lipinski definition) is 7. The SMILES string of the molecule is COc1cccc(C(=O)OCC(=O)Nc2sc3c(c2C#N)CCCC3)c1OC. The number of fused-ring (bicyclic) bond motifs is 1. The Bertz CT molecular complexity index is 945. The quantitative estimate of drug-likeness (QED) is 0.747. The number of aryl methyl sites for hydroxylation is 1. The number of amides is 1. The highest BCUT2D eigenvalue weighted by molar-refractivity contribution is 7.16. The molecule has 0 bridgehead atoms. The fraction of sp³-hybridized carbons (Fsp3) is 0.350. The van der Waals surface area contributed by atoms with Crippen LogP contribution in [0, 0.1) is 11.3 Å². The Hall–Kier alpha value is -3.05. The lowest BCUT2D eigenvalue weighted by Crippen LogP contribution is -2.21. The molecule has 0 saturated carbocycles. The summed E-state index contributed by atoms with van der Waals surface area (Å²) < 4.78 is 15.5. The Morgan fingerprint density at radius 2 is 2.00 bits per heavy atom. The third-order valence-corrected chi connectivity index (χ3v) is 5.70. The molecule has 0 saturated heterocycles. The molecular formula is C20H20N2O5S. The summed E-state index contributed by atoms with van der Waals surface area (Å²) in [4.78, 5) is 25.8. The van der Waals surface area contributed by atoms with E-state index in [1.165, 1.54) is 31.6 Å². The van der Waals surface area contributed by atoms with Gasteiger partial charge in [-0.25, -0.2) is 4.79 Å². The van der Waals surface area contributed by atoms with Crippen molar-refractivity contribution in [1.29, 1.82) is 5.26 Å². The minimum Gasteiger partial charge on any atom is -0.493 e. The van der Waals surface area contributed by atoms with Gasteiger partial charge in [0.15, 0.2) is 18.1 Å². The topological polar surface area (TPSA) is 97.6 Å². The van der Waals surface area contributed by atoms with Crippen molar-refractivity contribution in [3.05, 3.63) is 39.8 Å². The monoisotopic (exact) mass is 400 g/mol. The molecule has 1 aliphatic rings. The predicted octanol–water partition coefficient (Wildman–Crippen LogP) is 3.31. The van der Waals surface area contributed by atoms with Crippen LogP contribution in [0.5, 0.6) is 11.5 Å². The Balaban J connectivity index is 1.66. The van der Waals surface area contributed by atoms with Crippen molar-refractivity contribution in [3.63, 3.8) is 0 Å². The lowest BCUT2D eigenvalue weighted by atomic mass is 9.96. The number of nitrogens with one attached hydrogen (secondary N) is 1. The maximum Gasteiger partial charge on any atom is 0.342 e. The van der Waals surface area contributed by atoms with Crippen molar-refractivity contribution in [2.24, 2.45) is 0 Å². The molecule has 1 aliphatic carbocycles. The fourth-order valence-corrected chi connectivity index (χ4v) is 4.45. The minimum atomic E-state index is -0.697. The Labute approximate surface area is 166 Å². The van der Waals surface area contributed by atoms with Crippen LogP contribution in [0.1, 0.15) is 39.2 Å². The van der Waals surface area contributed by atoms with Gasteiger partial charge in [0.2, 0.25) is 0 Å². The largest absolute Gasteiger partial charge is 0.493 e. The molecule has 28 heavy (non-hydrogen) atoms. The van der Waals surface area contributed by atoms with Gasteiger partial charge in [0.1, 0.15) is 16.6 Å². The highest BCUT2D eigenvalue weighted by Gasteiger charge is 2.23. The first kappa shape index (κ1) is 19.7. The predicted molar refractivity (Wildman–Crippen MR) is 104 cm³/mol. The van der Waals surface area contributed by atoms with E-state index < -0.39 is 18.5 Å². The minimum absolute atomic E-state index is 0.166. The van der Waals surface area contributed by atoms with E-state index in [4.69, 9.17) is 14.2 Å². The van der Waals surface area contributed by atoms with Crippen LogP contribution in [0.25, 0.3) is 0 Å². The number of methoxy groups -OCH3 is 2. The summed E-state index contributed by atoms with van der Waals surface area (Å²) in [5, 5.41) is 12.7. The molecule has 0 unspecified atom stereocenters. The maximum absolute atomic E-state index is 12.3. The van der Waals surface area contributed by atoms with E-state index in [-0.39, 0.29) is 11.3 Å². The Morgan fingerprint density at radius 3 is 2.71 bits per heavy atom. The van der Waals surface area contributed by atoms with Crippen LogP contribution in [0.15, 0.2) is 18.2 Å². The van der Waals surface area contributed by atoms with Crippen LogP contribution in [-0.4, -0.2) is 32.7 Å². The van der Waals surface area contributed by atoms with Gasteiger partial charge >= 0.3 is 5.97 Å². The molecule has 1 amide bonds. The number of carbonyl (C=O) groups is 2. The van der Waals surface area contributed by atoms with Gasteiger partial charge in [0.25, 0.3) is 5.91 Å². The molecule has 0 spiro atoms. The number of hydrogen-bond donors (Lipinski definition) is 1. The molecule has 7 nitrogen and oxygen atoms in total. The van der Waals surface area contributed by atoms with Crippen LogP contribution in [0.3, 0.4) is 0 Å². The van der Waals surface area contributed by atoms with Crippen LogP contribution in [0.4, 0.5) is 5.00 Å². The number of nitrogens with zero attached hydrogens (tertiary/aromatic N) is 1. The third-order valence-electron chi connectivity index (χ3n) is 4.49. The molecule has 1 aromatic heterocycles. The number of nitriles is 1. The lowest BCUT2D eigenvalue weighted by molar-refractivity contribution is -0.119. The van der Waals surface area contributed by atoms with E-state index in [1.807, 2.05) is 0 Å². The Kier molecular flexibility index (Phi) is 6.16. The normalized spacial score (nSPS) is 12.5. The van der Waals surface area contributed by atoms with E-state index in [9.17, 15) is 14.9 Å². The van der Waals surface area contributed by atoms with Crippen molar-refractivity contribution in [2.75, 3.05) is 26.1 Å². The number of ether oxygens (including phenoxy) is 3. The Morgan fingerprint density at radius 1 is 1.21 bits per heavy atom. The summed E-state index contributed by atoms with van der Waals surface area (Å²) in [7, 11) is 2.89. The van der Waals surface area contributed by atoms with Gasteiger partial charge in [-0.15, -0.1) is 11.3 Å².